The minimum atomic E-state index is 0.0143. The Morgan fingerprint density at radius 3 is 2.89 bits per heavy atom. The first-order valence-electron chi connectivity index (χ1n) is 5.95. The second kappa shape index (κ2) is 5.47. The predicted molar refractivity (Wildman–Crippen MR) is 70.5 cm³/mol. The Kier molecular flexibility index (Phi) is 3.95. The number of nitrogens with one attached hydrogen (secondary N) is 1. The van der Waals surface area contributed by atoms with Gasteiger partial charge in [0.15, 0.2) is 5.16 Å². The van der Waals surface area contributed by atoms with Crippen LogP contribution >= 0.6 is 11.8 Å². The number of anilines is 1. The Hall–Kier alpha value is -1.44. The van der Waals surface area contributed by atoms with Crippen molar-refractivity contribution in [2.24, 2.45) is 0 Å². The quantitative estimate of drug-likeness (QED) is 0.763. The van der Waals surface area contributed by atoms with E-state index in [1.54, 1.807) is 16.7 Å². The summed E-state index contributed by atoms with van der Waals surface area (Å²) >= 11 is 1.57. The van der Waals surface area contributed by atoms with Crippen molar-refractivity contribution in [1.82, 2.24) is 25.0 Å². The predicted octanol–water partition coefficient (Wildman–Crippen LogP) is 0.558. The molecule has 7 nitrogen and oxygen atoms in total. The number of hydrogen-bond acceptors (Lipinski definition) is 5. The van der Waals surface area contributed by atoms with E-state index in [0.29, 0.717) is 12.5 Å². The van der Waals surface area contributed by atoms with Crippen LogP contribution in [0.25, 0.3) is 0 Å². The summed E-state index contributed by atoms with van der Waals surface area (Å²) in [4.78, 5) is 13.1. The maximum Gasteiger partial charge on any atom is 0.317 e. The van der Waals surface area contributed by atoms with Gasteiger partial charge in [0.25, 0.3) is 0 Å². The first kappa shape index (κ1) is 13.0. The summed E-state index contributed by atoms with van der Waals surface area (Å²) in [6.45, 7) is 6.30. The number of carbonyl (C=O) groups excluding carboxylic acids is 1. The highest BCUT2D eigenvalue weighted by molar-refractivity contribution is 7.99. The molecule has 18 heavy (non-hydrogen) atoms. The van der Waals surface area contributed by atoms with Crippen LogP contribution in [0.1, 0.15) is 19.9 Å². The van der Waals surface area contributed by atoms with Crippen molar-refractivity contribution in [3.8, 4) is 0 Å². The molecule has 1 aliphatic heterocycles. The summed E-state index contributed by atoms with van der Waals surface area (Å²) in [7, 11) is 0. The van der Waals surface area contributed by atoms with Crippen molar-refractivity contribution in [3.63, 3.8) is 0 Å². The fourth-order valence-electron chi connectivity index (χ4n) is 1.84. The Bertz CT molecular complexity index is 432. The number of nitrogen functional groups attached to an aromatic ring is 1. The van der Waals surface area contributed by atoms with Crippen molar-refractivity contribution < 1.29 is 4.79 Å². The summed E-state index contributed by atoms with van der Waals surface area (Å²) in [5.41, 5.74) is 5.76. The lowest BCUT2D eigenvalue weighted by Gasteiger charge is -2.14. The van der Waals surface area contributed by atoms with E-state index in [1.165, 1.54) is 0 Å². The van der Waals surface area contributed by atoms with E-state index in [2.05, 4.69) is 15.5 Å². The molecule has 1 saturated heterocycles. The maximum atomic E-state index is 11.3. The normalized spacial score (nSPS) is 15.5. The van der Waals surface area contributed by atoms with Crippen LogP contribution in [-0.4, -0.2) is 51.1 Å². The van der Waals surface area contributed by atoms with Gasteiger partial charge < -0.3 is 16.0 Å². The van der Waals surface area contributed by atoms with Crippen molar-refractivity contribution in [3.05, 3.63) is 0 Å². The molecule has 2 heterocycles. The molecule has 1 aromatic heterocycles. The molecule has 0 aliphatic carbocycles. The zero-order valence-electron chi connectivity index (χ0n) is 10.6. The molecular weight excluding hydrogens is 252 g/mol. The number of nitrogens with two attached hydrogens (primary N) is 1. The summed E-state index contributed by atoms with van der Waals surface area (Å²) in [5, 5.41) is 11.5. The molecule has 0 saturated carbocycles. The highest BCUT2D eigenvalue weighted by atomic mass is 32.2. The van der Waals surface area contributed by atoms with Crippen LogP contribution in [0.2, 0.25) is 0 Å². The molecule has 3 N–H and O–H groups in total. The summed E-state index contributed by atoms with van der Waals surface area (Å²) in [6, 6.07) is 0.248. The Balaban J connectivity index is 1.88. The number of thioether (sulfide) groups is 1. The van der Waals surface area contributed by atoms with Crippen molar-refractivity contribution >= 4 is 23.7 Å². The number of amides is 2. The minimum absolute atomic E-state index is 0.0143. The standard InChI is InChI=1S/C10H18N6OS/c1-7(2)16-8(11)13-14-10(16)18-6-5-15-4-3-12-9(15)17/h7H,3-6H2,1-2H3,(H2,11,13)(H,12,17). The van der Waals surface area contributed by atoms with Gasteiger partial charge in [0.1, 0.15) is 0 Å². The molecule has 100 valence electrons. The number of rotatable bonds is 5. The molecule has 8 heteroatoms. The highest BCUT2D eigenvalue weighted by Gasteiger charge is 2.19. The van der Waals surface area contributed by atoms with Crippen molar-refractivity contribution in [1.29, 1.82) is 0 Å². The Labute approximate surface area is 110 Å². The zero-order chi connectivity index (χ0) is 13.1. The summed E-state index contributed by atoms with van der Waals surface area (Å²) in [5.74, 6) is 1.23. The van der Waals surface area contributed by atoms with E-state index in [-0.39, 0.29) is 12.1 Å². The second-order valence-electron chi connectivity index (χ2n) is 4.37. The first-order chi connectivity index (χ1) is 8.59. The number of hydrogen-bond donors (Lipinski definition) is 2. The lowest BCUT2D eigenvalue weighted by Crippen LogP contribution is -2.30. The molecule has 0 unspecified atom stereocenters. The second-order valence-corrected chi connectivity index (χ2v) is 5.43. The van der Waals surface area contributed by atoms with Crippen molar-refractivity contribution in [2.45, 2.75) is 25.0 Å². The molecule has 1 aliphatic rings. The minimum Gasteiger partial charge on any atom is -0.368 e. The third-order valence-corrected chi connectivity index (χ3v) is 3.67. The molecule has 2 amide bonds. The molecule has 1 fully saturated rings. The molecule has 0 aromatic carbocycles. The van der Waals surface area contributed by atoms with Crippen LogP contribution in [0.15, 0.2) is 5.16 Å². The van der Waals surface area contributed by atoms with Crippen LogP contribution in [0.4, 0.5) is 10.7 Å². The van der Waals surface area contributed by atoms with Crippen molar-refractivity contribution in [2.75, 3.05) is 31.1 Å². The molecular formula is C10H18N6OS. The fraction of sp³-hybridized carbons (Fsp3) is 0.700. The Morgan fingerprint density at radius 1 is 1.50 bits per heavy atom. The lowest BCUT2D eigenvalue weighted by molar-refractivity contribution is 0.220. The van der Waals surface area contributed by atoms with Crippen LogP contribution in [-0.2, 0) is 0 Å². The van der Waals surface area contributed by atoms with Gasteiger partial charge in [0, 0.05) is 31.4 Å². The maximum absolute atomic E-state index is 11.3. The lowest BCUT2D eigenvalue weighted by atomic mass is 10.4. The van der Waals surface area contributed by atoms with E-state index in [4.69, 9.17) is 5.73 Å². The van der Waals surface area contributed by atoms with Gasteiger partial charge in [0.05, 0.1) is 0 Å². The largest absolute Gasteiger partial charge is 0.368 e. The summed E-state index contributed by atoms with van der Waals surface area (Å²) in [6.07, 6.45) is 0. The van der Waals surface area contributed by atoms with Gasteiger partial charge >= 0.3 is 6.03 Å². The third-order valence-electron chi connectivity index (χ3n) is 2.74. The van der Waals surface area contributed by atoms with Crippen LogP contribution in [0.3, 0.4) is 0 Å². The molecule has 0 bridgehead atoms. The third kappa shape index (κ3) is 2.69. The molecule has 0 atom stereocenters. The fourth-order valence-corrected chi connectivity index (χ4v) is 2.88. The SMILES string of the molecule is CC(C)n1c(N)nnc1SCCN1CCNC1=O. The van der Waals surface area contributed by atoms with Crippen LogP contribution < -0.4 is 11.1 Å². The monoisotopic (exact) mass is 270 g/mol. The number of aromatic nitrogens is 3. The molecule has 1 aromatic rings. The number of urea groups is 1. The topological polar surface area (TPSA) is 89.1 Å². The number of nitrogens with zero attached hydrogens (tertiary/aromatic N) is 4. The average Bonchev–Trinajstić information content (AvgIpc) is 2.86. The van der Waals surface area contributed by atoms with Gasteiger partial charge in [-0.1, -0.05) is 11.8 Å². The van der Waals surface area contributed by atoms with Crippen LogP contribution in [0.5, 0.6) is 0 Å². The Morgan fingerprint density at radius 2 is 2.28 bits per heavy atom. The highest BCUT2D eigenvalue weighted by Crippen LogP contribution is 2.22. The van der Waals surface area contributed by atoms with Gasteiger partial charge in [-0.25, -0.2) is 4.79 Å². The molecule has 0 radical (unpaired) electrons. The smallest absolute Gasteiger partial charge is 0.317 e. The molecule has 2 rings (SSSR count). The molecule has 0 spiro atoms. The number of carbonyl (C=O) groups is 1. The van der Waals surface area contributed by atoms with E-state index < -0.39 is 0 Å². The van der Waals surface area contributed by atoms with E-state index in [9.17, 15) is 4.79 Å². The van der Waals surface area contributed by atoms with Gasteiger partial charge in [0.2, 0.25) is 5.95 Å². The van der Waals surface area contributed by atoms with Crippen LogP contribution in [0, 0.1) is 0 Å². The van der Waals surface area contributed by atoms with E-state index in [1.807, 2.05) is 18.4 Å². The first-order valence-corrected chi connectivity index (χ1v) is 6.94. The zero-order valence-corrected chi connectivity index (χ0v) is 11.4. The van der Waals surface area contributed by atoms with Gasteiger partial charge in [-0.2, -0.15) is 0 Å². The van der Waals surface area contributed by atoms with E-state index >= 15 is 0 Å². The van der Waals surface area contributed by atoms with Gasteiger partial charge in [-0.3, -0.25) is 4.57 Å². The van der Waals surface area contributed by atoms with E-state index in [0.717, 1.165) is 24.0 Å². The summed E-state index contributed by atoms with van der Waals surface area (Å²) < 4.78 is 1.90. The van der Waals surface area contributed by atoms with Gasteiger partial charge in [-0.15, -0.1) is 10.2 Å². The van der Waals surface area contributed by atoms with Gasteiger partial charge in [-0.05, 0) is 13.8 Å². The average molecular weight is 270 g/mol.